The van der Waals surface area contributed by atoms with Crippen molar-refractivity contribution in [1.29, 1.82) is 0 Å². The van der Waals surface area contributed by atoms with Crippen molar-refractivity contribution < 1.29 is 13.9 Å². The first-order valence-corrected chi connectivity index (χ1v) is 10.2. The van der Waals surface area contributed by atoms with Gasteiger partial charge in [-0.2, -0.15) is 0 Å². The van der Waals surface area contributed by atoms with Crippen molar-refractivity contribution >= 4 is 63.6 Å². The number of nitrogens with one attached hydrogen (secondary N) is 1. The Morgan fingerprint density at radius 1 is 1.06 bits per heavy atom. The van der Waals surface area contributed by atoms with Gasteiger partial charge < -0.3 is 14.5 Å². The number of oxazole rings is 1. The molecule has 0 radical (unpaired) electrons. The molecule has 31 heavy (non-hydrogen) atoms. The van der Waals surface area contributed by atoms with Gasteiger partial charge in [0.1, 0.15) is 11.3 Å². The van der Waals surface area contributed by atoms with Crippen LogP contribution < -0.4 is 10.1 Å². The number of hydrogen-bond acceptors (Lipinski definition) is 4. The van der Waals surface area contributed by atoms with Gasteiger partial charge in [-0.05, 0) is 54.6 Å². The van der Waals surface area contributed by atoms with Gasteiger partial charge in [0, 0.05) is 32.9 Å². The van der Waals surface area contributed by atoms with Gasteiger partial charge in [0.05, 0.1) is 12.1 Å². The number of methoxy groups -OCH3 is 1. The van der Waals surface area contributed by atoms with E-state index in [0.29, 0.717) is 49.1 Å². The molecule has 0 fully saturated rings. The summed E-state index contributed by atoms with van der Waals surface area (Å²) in [5.41, 5.74) is 3.19. The summed E-state index contributed by atoms with van der Waals surface area (Å²) in [6, 6.07) is 15.7. The maximum atomic E-state index is 12.4. The molecule has 4 rings (SSSR count). The first-order valence-electron chi connectivity index (χ1n) is 9.11. The fourth-order valence-corrected chi connectivity index (χ4v) is 3.78. The van der Waals surface area contributed by atoms with Gasteiger partial charge in [0.25, 0.3) is 0 Å². The van der Waals surface area contributed by atoms with Gasteiger partial charge in [0.15, 0.2) is 5.58 Å². The molecule has 0 aliphatic heterocycles. The number of rotatable bonds is 5. The minimum Gasteiger partial charge on any atom is -0.495 e. The van der Waals surface area contributed by atoms with Crippen LogP contribution in [0.4, 0.5) is 5.69 Å². The normalized spacial score (nSPS) is 11.2. The maximum absolute atomic E-state index is 12.4. The highest BCUT2D eigenvalue weighted by molar-refractivity contribution is 6.36. The van der Waals surface area contributed by atoms with E-state index in [0.717, 1.165) is 5.56 Å². The fourth-order valence-electron chi connectivity index (χ4n) is 3.02. The third-order valence-electron chi connectivity index (χ3n) is 4.38. The van der Waals surface area contributed by atoms with Crippen LogP contribution in [0.5, 0.6) is 5.75 Å². The average molecular weight is 474 g/mol. The van der Waals surface area contributed by atoms with Gasteiger partial charge in [-0.1, -0.05) is 40.9 Å². The summed E-state index contributed by atoms with van der Waals surface area (Å²) in [4.78, 5) is 16.9. The number of carbonyl (C=O) groups excluding carboxylic acids is 1. The minimum atomic E-state index is -0.334. The topological polar surface area (TPSA) is 64.4 Å². The number of halogens is 3. The van der Waals surface area contributed by atoms with Crippen LogP contribution in [0.15, 0.2) is 65.1 Å². The summed E-state index contributed by atoms with van der Waals surface area (Å²) in [6.45, 7) is 0. The van der Waals surface area contributed by atoms with E-state index < -0.39 is 0 Å². The van der Waals surface area contributed by atoms with Crippen molar-refractivity contribution in [3.63, 3.8) is 0 Å². The Balaban J connectivity index is 1.54. The number of benzene rings is 3. The van der Waals surface area contributed by atoms with Crippen molar-refractivity contribution in [3.05, 3.63) is 81.3 Å². The molecular formula is C23H15Cl3N2O3. The van der Waals surface area contributed by atoms with Gasteiger partial charge in [-0.15, -0.1) is 0 Å². The van der Waals surface area contributed by atoms with Crippen LogP contribution in [0.1, 0.15) is 5.56 Å². The summed E-state index contributed by atoms with van der Waals surface area (Å²) in [6.07, 6.45) is 2.96. The Labute approximate surface area is 193 Å². The van der Waals surface area contributed by atoms with Crippen molar-refractivity contribution in [2.45, 2.75) is 0 Å². The van der Waals surface area contributed by atoms with E-state index >= 15 is 0 Å². The van der Waals surface area contributed by atoms with Crippen molar-refractivity contribution in [1.82, 2.24) is 4.98 Å². The Bertz CT molecular complexity index is 1310. The average Bonchev–Trinajstić information content (AvgIpc) is 3.15. The highest BCUT2D eigenvalue weighted by Gasteiger charge is 2.11. The Morgan fingerprint density at radius 2 is 1.90 bits per heavy atom. The number of anilines is 1. The zero-order valence-electron chi connectivity index (χ0n) is 16.2. The molecule has 0 saturated carbocycles. The third kappa shape index (κ3) is 4.85. The standard InChI is InChI=1S/C23H15Cl3N2O3/c1-30-22-13(9-16(25)11-18(22)26)5-8-21(29)27-17-4-2-3-14(10-17)23-28-19-12-15(24)6-7-20(19)31-23/h2-12H,1H3,(H,27,29)/b8-5+. The minimum absolute atomic E-state index is 0.334. The van der Waals surface area contributed by atoms with Crippen molar-refractivity contribution in [2.24, 2.45) is 0 Å². The number of fused-ring (bicyclic) bond motifs is 1. The molecule has 4 aromatic rings. The number of ether oxygens (including phenoxy) is 1. The van der Waals surface area contributed by atoms with E-state index in [1.54, 1.807) is 54.6 Å². The smallest absolute Gasteiger partial charge is 0.248 e. The molecule has 1 aromatic heterocycles. The highest BCUT2D eigenvalue weighted by Crippen LogP contribution is 2.33. The lowest BCUT2D eigenvalue weighted by Gasteiger charge is -2.08. The summed E-state index contributed by atoms with van der Waals surface area (Å²) < 4.78 is 11.1. The highest BCUT2D eigenvalue weighted by atomic mass is 35.5. The molecule has 0 saturated heterocycles. The van der Waals surface area contributed by atoms with Crippen LogP contribution >= 0.6 is 34.8 Å². The van der Waals surface area contributed by atoms with E-state index in [4.69, 9.17) is 44.0 Å². The zero-order valence-corrected chi connectivity index (χ0v) is 18.4. The molecule has 1 N–H and O–H groups in total. The number of amides is 1. The second-order valence-electron chi connectivity index (χ2n) is 6.54. The second-order valence-corrected chi connectivity index (χ2v) is 7.82. The van der Waals surface area contributed by atoms with Gasteiger partial charge in [-0.3, -0.25) is 4.79 Å². The van der Waals surface area contributed by atoms with E-state index in [1.807, 2.05) is 6.07 Å². The molecule has 0 unspecified atom stereocenters. The lowest BCUT2D eigenvalue weighted by molar-refractivity contribution is -0.111. The van der Waals surface area contributed by atoms with E-state index in [2.05, 4.69) is 10.3 Å². The molecule has 0 aliphatic carbocycles. The predicted octanol–water partition coefficient (Wildman–Crippen LogP) is 7.12. The monoisotopic (exact) mass is 472 g/mol. The van der Waals surface area contributed by atoms with E-state index in [9.17, 15) is 4.79 Å². The molecule has 1 heterocycles. The molecule has 3 aromatic carbocycles. The Morgan fingerprint density at radius 3 is 2.71 bits per heavy atom. The zero-order chi connectivity index (χ0) is 22.0. The molecular weight excluding hydrogens is 459 g/mol. The summed E-state index contributed by atoms with van der Waals surface area (Å²) in [5.74, 6) is 0.537. The molecule has 0 bridgehead atoms. The van der Waals surface area contributed by atoms with Crippen LogP contribution in [0, 0.1) is 0 Å². The van der Waals surface area contributed by atoms with E-state index in [1.165, 1.54) is 13.2 Å². The first kappa shape index (κ1) is 21.2. The van der Waals surface area contributed by atoms with Gasteiger partial charge >= 0.3 is 0 Å². The SMILES string of the molecule is COc1c(Cl)cc(Cl)cc1/C=C/C(=O)Nc1cccc(-c2nc3cc(Cl)ccc3o2)c1. The molecule has 0 spiro atoms. The Kier molecular flexibility index (Phi) is 6.18. The third-order valence-corrected chi connectivity index (χ3v) is 5.12. The number of carbonyl (C=O) groups is 1. The Hall–Kier alpha value is -2.99. The van der Waals surface area contributed by atoms with E-state index in [-0.39, 0.29) is 5.91 Å². The lowest BCUT2D eigenvalue weighted by atomic mass is 10.1. The molecule has 0 aliphatic rings. The number of hydrogen-bond donors (Lipinski definition) is 1. The summed E-state index contributed by atoms with van der Waals surface area (Å²) in [5, 5.41) is 4.20. The van der Waals surface area contributed by atoms with Crippen molar-refractivity contribution in [2.75, 3.05) is 12.4 Å². The number of nitrogens with zero attached hydrogens (tertiary/aromatic N) is 1. The summed E-state index contributed by atoms with van der Waals surface area (Å²) >= 11 is 18.2. The van der Waals surface area contributed by atoms with Gasteiger partial charge in [0.2, 0.25) is 11.8 Å². The quantitative estimate of drug-likeness (QED) is 0.314. The second kappa shape index (κ2) is 9.02. The lowest BCUT2D eigenvalue weighted by Crippen LogP contribution is -2.07. The van der Waals surface area contributed by atoms with Crippen LogP contribution in [-0.2, 0) is 4.79 Å². The van der Waals surface area contributed by atoms with Crippen LogP contribution in [0.25, 0.3) is 28.6 Å². The molecule has 1 amide bonds. The molecule has 0 atom stereocenters. The fraction of sp³-hybridized carbons (Fsp3) is 0.0435. The molecule has 5 nitrogen and oxygen atoms in total. The van der Waals surface area contributed by atoms with Gasteiger partial charge in [-0.25, -0.2) is 4.98 Å². The maximum Gasteiger partial charge on any atom is 0.248 e. The first-order chi connectivity index (χ1) is 14.9. The van der Waals surface area contributed by atoms with Crippen LogP contribution in [0.2, 0.25) is 15.1 Å². The summed E-state index contributed by atoms with van der Waals surface area (Å²) in [7, 11) is 1.50. The molecule has 8 heteroatoms. The van der Waals surface area contributed by atoms with Crippen molar-refractivity contribution in [3.8, 4) is 17.2 Å². The van der Waals surface area contributed by atoms with Crippen LogP contribution in [0.3, 0.4) is 0 Å². The largest absolute Gasteiger partial charge is 0.495 e. The number of aromatic nitrogens is 1. The predicted molar refractivity (Wildman–Crippen MR) is 125 cm³/mol. The van der Waals surface area contributed by atoms with Crippen LogP contribution in [-0.4, -0.2) is 18.0 Å². The molecule has 156 valence electrons.